The van der Waals surface area contributed by atoms with Crippen LogP contribution >= 0.6 is 15.9 Å². The van der Waals surface area contributed by atoms with Crippen LogP contribution in [-0.4, -0.2) is 16.0 Å². The van der Waals surface area contributed by atoms with E-state index in [2.05, 4.69) is 43.3 Å². The molecule has 4 nitrogen and oxygen atoms in total. The first-order valence-electron chi connectivity index (χ1n) is 7.67. The van der Waals surface area contributed by atoms with Gasteiger partial charge in [-0.3, -0.25) is 0 Å². The highest BCUT2D eigenvalue weighted by Crippen LogP contribution is 2.31. The first-order valence-corrected chi connectivity index (χ1v) is 8.47. The van der Waals surface area contributed by atoms with Crippen LogP contribution in [0.25, 0.3) is 10.9 Å². The third-order valence-electron chi connectivity index (χ3n) is 3.78. The van der Waals surface area contributed by atoms with Crippen molar-refractivity contribution in [3.63, 3.8) is 0 Å². The van der Waals surface area contributed by atoms with E-state index in [1.54, 1.807) is 0 Å². The van der Waals surface area contributed by atoms with Gasteiger partial charge in [0.05, 0.1) is 9.99 Å². The van der Waals surface area contributed by atoms with Crippen LogP contribution in [0, 0.1) is 0 Å². The number of hydrogen-bond donors (Lipinski definition) is 1. The lowest BCUT2D eigenvalue weighted by Gasteiger charge is -2.10. The number of fused-ring (bicyclic) bond motifs is 1. The average molecular weight is 370 g/mol. The Kier molecular flexibility index (Phi) is 3.87. The number of ether oxygens (including phenoxy) is 1. The third-order valence-corrected chi connectivity index (χ3v) is 4.40. The van der Waals surface area contributed by atoms with Gasteiger partial charge in [-0.25, -0.2) is 9.97 Å². The average Bonchev–Trinajstić information content (AvgIpc) is 3.38. The molecule has 3 aromatic rings. The maximum atomic E-state index is 5.94. The molecule has 0 atom stereocenters. The number of benzene rings is 2. The van der Waals surface area contributed by atoms with Gasteiger partial charge in [0.1, 0.15) is 12.4 Å². The number of rotatable bonds is 5. The predicted octanol–water partition coefficient (Wildman–Crippen LogP) is 4.55. The summed E-state index contributed by atoms with van der Waals surface area (Å²) in [6.07, 6.45) is 4.25. The number of nitrogens with zero attached hydrogens (tertiary/aromatic N) is 2. The zero-order valence-corrected chi connectivity index (χ0v) is 14.1. The second kappa shape index (κ2) is 6.16. The summed E-state index contributed by atoms with van der Waals surface area (Å²) in [6, 6.07) is 14.6. The van der Waals surface area contributed by atoms with E-state index in [4.69, 9.17) is 4.74 Å². The van der Waals surface area contributed by atoms with Crippen LogP contribution in [0.5, 0.6) is 5.75 Å². The van der Waals surface area contributed by atoms with Crippen LogP contribution in [0.3, 0.4) is 0 Å². The molecule has 1 heterocycles. The van der Waals surface area contributed by atoms with E-state index in [0.717, 1.165) is 26.7 Å². The Labute approximate surface area is 143 Å². The molecule has 1 aliphatic carbocycles. The molecule has 1 saturated carbocycles. The van der Waals surface area contributed by atoms with E-state index in [9.17, 15) is 0 Å². The molecule has 0 unspecified atom stereocenters. The normalized spacial score (nSPS) is 14.0. The van der Waals surface area contributed by atoms with Gasteiger partial charge in [0.15, 0.2) is 0 Å². The van der Waals surface area contributed by atoms with E-state index in [1.165, 1.54) is 12.8 Å². The Morgan fingerprint density at radius 3 is 2.78 bits per heavy atom. The zero-order valence-electron chi connectivity index (χ0n) is 12.5. The van der Waals surface area contributed by atoms with Crippen molar-refractivity contribution in [2.75, 3.05) is 5.32 Å². The van der Waals surface area contributed by atoms with E-state index in [1.807, 2.05) is 36.5 Å². The van der Waals surface area contributed by atoms with Gasteiger partial charge in [-0.05, 0) is 40.4 Å². The molecule has 23 heavy (non-hydrogen) atoms. The van der Waals surface area contributed by atoms with Gasteiger partial charge in [0.2, 0.25) is 5.95 Å². The fraction of sp³-hybridized carbons (Fsp3) is 0.222. The number of halogens is 1. The molecule has 4 rings (SSSR count). The largest absolute Gasteiger partial charge is 0.488 e. The molecule has 116 valence electrons. The van der Waals surface area contributed by atoms with Crippen molar-refractivity contribution in [1.82, 2.24) is 9.97 Å². The molecule has 2 aromatic carbocycles. The monoisotopic (exact) mass is 369 g/mol. The Morgan fingerprint density at radius 1 is 1.17 bits per heavy atom. The van der Waals surface area contributed by atoms with Gasteiger partial charge < -0.3 is 10.1 Å². The van der Waals surface area contributed by atoms with E-state index in [0.29, 0.717) is 18.6 Å². The van der Waals surface area contributed by atoms with Gasteiger partial charge in [0, 0.05) is 23.7 Å². The minimum atomic E-state index is 0.531. The number of anilines is 1. The number of aromatic nitrogens is 2. The van der Waals surface area contributed by atoms with Crippen LogP contribution < -0.4 is 10.1 Å². The third kappa shape index (κ3) is 3.45. The summed E-state index contributed by atoms with van der Waals surface area (Å²) >= 11 is 3.56. The maximum Gasteiger partial charge on any atom is 0.223 e. The quantitative estimate of drug-likeness (QED) is 0.716. The number of nitrogens with one attached hydrogen (secondary N) is 1. The van der Waals surface area contributed by atoms with Crippen LogP contribution in [0.1, 0.15) is 18.4 Å². The summed E-state index contributed by atoms with van der Waals surface area (Å²) in [5.74, 6) is 1.48. The highest BCUT2D eigenvalue weighted by Gasteiger charge is 2.21. The van der Waals surface area contributed by atoms with E-state index in [-0.39, 0.29) is 0 Å². The Balaban J connectivity index is 1.58. The van der Waals surface area contributed by atoms with Crippen LogP contribution in [0.4, 0.5) is 5.95 Å². The summed E-state index contributed by atoms with van der Waals surface area (Å²) in [5, 5.41) is 4.32. The Bertz CT molecular complexity index is 834. The highest BCUT2D eigenvalue weighted by molar-refractivity contribution is 9.10. The molecular weight excluding hydrogens is 354 g/mol. The summed E-state index contributed by atoms with van der Waals surface area (Å²) < 4.78 is 6.85. The first-order chi connectivity index (χ1) is 11.3. The van der Waals surface area contributed by atoms with Crippen molar-refractivity contribution in [1.29, 1.82) is 0 Å². The Morgan fingerprint density at radius 2 is 2.00 bits per heavy atom. The molecule has 0 aliphatic heterocycles. The fourth-order valence-corrected chi connectivity index (χ4v) is 2.83. The second-order valence-electron chi connectivity index (χ2n) is 5.73. The predicted molar refractivity (Wildman–Crippen MR) is 94.7 cm³/mol. The van der Waals surface area contributed by atoms with Gasteiger partial charge in [0.25, 0.3) is 0 Å². The summed E-state index contributed by atoms with van der Waals surface area (Å²) in [6.45, 7) is 0.531. The van der Waals surface area contributed by atoms with E-state index >= 15 is 0 Å². The number of hydrogen-bond acceptors (Lipinski definition) is 4. The minimum absolute atomic E-state index is 0.531. The minimum Gasteiger partial charge on any atom is -0.488 e. The topological polar surface area (TPSA) is 47.0 Å². The molecular formula is C18H16BrN3O. The highest BCUT2D eigenvalue weighted by atomic mass is 79.9. The van der Waals surface area contributed by atoms with Crippen LogP contribution in [0.2, 0.25) is 0 Å². The lowest BCUT2D eigenvalue weighted by molar-refractivity contribution is 0.304. The SMILES string of the molecule is Brc1cc2cnc(NC3CC3)nc2cc1OCc1ccccc1. The molecule has 1 N–H and O–H groups in total. The van der Waals surface area contributed by atoms with Crippen molar-refractivity contribution in [3.05, 3.63) is 58.7 Å². The van der Waals surface area contributed by atoms with Crippen molar-refractivity contribution in [2.24, 2.45) is 0 Å². The maximum absolute atomic E-state index is 5.94. The Hall–Kier alpha value is -2.14. The lowest BCUT2D eigenvalue weighted by atomic mass is 10.2. The van der Waals surface area contributed by atoms with Gasteiger partial charge >= 0.3 is 0 Å². The molecule has 0 radical (unpaired) electrons. The van der Waals surface area contributed by atoms with Gasteiger partial charge in [-0.15, -0.1) is 0 Å². The zero-order chi connectivity index (χ0) is 15.6. The van der Waals surface area contributed by atoms with Crippen molar-refractivity contribution >= 4 is 32.8 Å². The van der Waals surface area contributed by atoms with Gasteiger partial charge in [-0.2, -0.15) is 0 Å². The molecule has 0 bridgehead atoms. The summed E-state index contributed by atoms with van der Waals surface area (Å²) in [7, 11) is 0. The molecule has 0 saturated heterocycles. The first kappa shape index (κ1) is 14.5. The lowest BCUT2D eigenvalue weighted by Crippen LogP contribution is -2.05. The van der Waals surface area contributed by atoms with Gasteiger partial charge in [-0.1, -0.05) is 30.3 Å². The van der Waals surface area contributed by atoms with Crippen LogP contribution in [0.15, 0.2) is 53.1 Å². The van der Waals surface area contributed by atoms with Crippen molar-refractivity contribution in [3.8, 4) is 5.75 Å². The molecule has 0 amide bonds. The molecule has 1 aromatic heterocycles. The molecule has 0 spiro atoms. The summed E-state index contributed by atoms with van der Waals surface area (Å²) in [4.78, 5) is 8.96. The molecule has 5 heteroatoms. The standard InChI is InChI=1S/C18H16BrN3O/c19-15-8-13-10-20-18(21-14-6-7-14)22-16(13)9-17(15)23-11-12-4-2-1-3-5-12/h1-5,8-10,14H,6-7,11H2,(H,20,21,22). The smallest absolute Gasteiger partial charge is 0.223 e. The van der Waals surface area contributed by atoms with Crippen molar-refractivity contribution in [2.45, 2.75) is 25.5 Å². The van der Waals surface area contributed by atoms with Crippen molar-refractivity contribution < 1.29 is 4.74 Å². The second-order valence-corrected chi connectivity index (χ2v) is 6.58. The van der Waals surface area contributed by atoms with E-state index < -0.39 is 0 Å². The fourth-order valence-electron chi connectivity index (χ4n) is 2.36. The summed E-state index contributed by atoms with van der Waals surface area (Å²) in [5.41, 5.74) is 2.02. The molecule has 1 fully saturated rings. The van der Waals surface area contributed by atoms with Crippen LogP contribution in [-0.2, 0) is 6.61 Å². The molecule has 1 aliphatic rings.